The van der Waals surface area contributed by atoms with Crippen LogP contribution in [0.5, 0.6) is 0 Å². The Kier molecular flexibility index (Phi) is 3.04. The molecule has 1 aliphatic rings. The van der Waals surface area contributed by atoms with Gasteiger partial charge in [0.1, 0.15) is 0 Å². The number of aromatic amines is 1. The van der Waals surface area contributed by atoms with Crippen LogP contribution < -0.4 is 5.32 Å². The third-order valence-corrected chi connectivity index (χ3v) is 3.82. The average Bonchev–Trinajstić information content (AvgIpc) is 2.84. The number of carbonyl (C=O) groups is 1. The second kappa shape index (κ2) is 4.73. The van der Waals surface area contributed by atoms with Crippen molar-refractivity contribution in [1.29, 1.82) is 0 Å². The highest BCUT2D eigenvalue weighted by Gasteiger charge is 2.43. The number of amides is 1. The van der Waals surface area contributed by atoms with Crippen molar-refractivity contribution in [3.63, 3.8) is 0 Å². The Morgan fingerprint density at radius 1 is 1.50 bits per heavy atom. The van der Waals surface area contributed by atoms with Gasteiger partial charge in [0.25, 0.3) is 5.91 Å². The van der Waals surface area contributed by atoms with E-state index < -0.39 is 0 Å². The molecule has 2 N–H and O–H groups in total. The first kappa shape index (κ1) is 12.8. The van der Waals surface area contributed by atoms with Crippen LogP contribution >= 0.6 is 0 Å². The van der Waals surface area contributed by atoms with Crippen LogP contribution in [0.4, 0.5) is 0 Å². The summed E-state index contributed by atoms with van der Waals surface area (Å²) in [6, 6.07) is 2.07. The molecule has 7 heteroatoms. The predicted molar refractivity (Wildman–Crippen MR) is 72.1 cm³/mol. The number of nitrogens with zero attached hydrogens (tertiary/aromatic N) is 4. The minimum absolute atomic E-state index is 0.141. The van der Waals surface area contributed by atoms with Gasteiger partial charge in [-0.05, 0) is 32.8 Å². The highest BCUT2D eigenvalue weighted by atomic mass is 16.2. The van der Waals surface area contributed by atoms with Crippen molar-refractivity contribution in [3.8, 4) is 0 Å². The third-order valence-electron chi connectivity index (χ3n) is 3.82. The molecule has 0 atom stereocenters. The van der Waals surface area contributed by atoms with E-state index in [1.54, 1.807) is 0 Å². The van der Waals surface area contributed by atoms with Crippen LogP contribution in [0.2, 0.25) is 0 Å². The molecule has 2 heterocycles. The highest BCUT2D eigenvalue weighted by Crippen LogP contribution is 2.46. The van der Waals surface area contributed by atoms with E-state index in [4.69, 9.17) is 0 Å². The Morgan fingerprint density at radius 3 is 2.85 bits per heavy atom. The summed E-state index contributed by atoms with van der Waals surface area (Å²) in [5, 5.41) is 17.3. The first-order chi connectivity index (χ1) is 9.58. The molecule has 0 unspecified atom stereocenters. The topological polar surface area (TPSA) is 88.5 Å². The second-order valence-corrected chi connectivity index (χ2v) is 5.62. The number of carbonyl (C=O) groups excluding carboxylic acids is 1. The van der Waals surface area contributed by atoms with Gasteiger partial charge in [-0.3, -0.25) is 9.48 Å². The van der Waals surface area contributed by atoms with Gasteiger partial charge >= 0.3 is 0 Å². The van der Waals surface area contributed by atoms with Crippen molar-refractivity contribution in [1.82, 2.24) is 30.5 Å². The first-order valence-electron chi connectivity index (χ1n) is 6.73. The standard InChI is InChI=1S/C13H18N6O/c1-9-5-10(2)19(17-9)8-13(3-4-13)7-14-12(20)11-6-15-18-16-11/h5-6H,3-4,7-8H2,1-2H3,(H,14,20)(H,15,16,18). The van der Waals surface area contributed by atoms with E-state index in [-0.39, 0.29) is 11.3 Å². The molecule has 1 fully saturated rings. The fraction of sp³-hybridized carbons (Fsp3) is 0.538. The van der Waals surface area contributed by atoms with Crippen LogP contribution in [0.25, 0.3) is 0 Å². The lowest BCUT2D eigenvalue weighted by Crippen LogP contribution is -2.33. The number of H-pyrrole nitrogens is 1. The van der Waals surface area contributed by atoms with Crippen molar-refractivity contribution in [2.45, 2.75) is 33.2 Å². The van der Waals surface area contributed by atoms with Crippen molar-refractivity contribution in [3.05, 3.63) is 29.3 Å². The molecule has 1 amide bonds. The fourth-order valence-electron chi connectivity index (χ4n) is 2.39. The van der Waals surface area contributed by atoms with E-state index in [0.717, 1.165) is 30.8 Å². The first-order valence-corrected chi connectivity index (χ1v) is 6.73. The van der Waals surface area contributed by atoms with Crippen molar-refractivity contribution in [2.24, 2.45) is 5.41 Å². The molecule has 0 aliphatic heterocycles. The summed E-state index contributed by atoms with van der Waals surface area (Å²) in [7, 11) is 0. The molecule has 0 radical (unpaired) electrons. The molecule has 0 bridgehead atoms. The molecule has 1 aliphatic carbocycles. The summed E-state index contributed by atoms with van der Waals surface area (Å²) in [6.07, 6.45) is 3.66. The molecule has 2 aromatic heterocycles. The van der Waals surface area contributed by atoms with Gasteiger partial charge in [-0.25, -0.2) is 0 Å². The smallest absolute Gasteiger partial charge is 0.273 e. The van der Waals surface area contributed by atoms with E-state index >= 15 is 0 Å². The zero-order valence-corrected chi connectivity index (χ0v) is 11.7. The van der Waals surface area contributed by atoms with Gasteiger partial charge in [0, 0.05) is 24.2 Å². The van der Waals surface area contributed by atoms with Crippen LogP contribution in [-0.4, -0.2) is 37.6 Å². The molecule has 7 nitrogen and oxygen atoms in total. The Balaban J connectivity index is 1.60. The van der Waals surface area contributed by atoms with Gasteiger partial charge in [0.2, 0.25) is 0 Å². The second-order valence-electron chi connectivity index (χ2n) is 5.62. The molecule has 106 valence electrons. The predicted octanol–water partition coefficient (Wildman–Crippen LogP) is 0.828. The van der Waals surface area contributed by atoms with E-state index in [1.807, 2.05) is 11.6 Å². The number of nitrogens with one attached hydrogen (secondary N) is 2. The van der Waals surface area contributed by atoms with E-state index in [2.05, 4.69) is 38.8 Å². The molecule has 0 saturated heterocycles. The van der Waals surface area contributed by atoms with Crippen LogP contribution in [-0.2, 0) is 6.54 Å². The van der Waals surface area contributed by atoms with Gasteiger partial charge < -0.3 is 5.32 Å². The SMILES string of the molecule is Cc1cc(C)n(CC2(CNC(=O)c3cn[nH]n3)CC2)n1. The molecule has 2 aromatic rings. The minimum atomic E-state index is -0.182. The lowest BCUT2D eigenvalue weighted by Gasteiger charge is -2.16. The molecule has 0 aromatic carbocycles. The number of hydrogen-bond donors (Lipinski definition) is 2. The van der Waals surface area contributed by atoms with Gasteiger partial charge in [0.15, 0.2) is 5.69 Å². The minimum Gasteiger partial charge on any atom is -0.350 e. The number of hydrogen-bond acceptors (Lipinski definition) is 4. The summed E-state index contributed by atoms with van der Waals surface area (Å²) in [5.74, 6) is -0.182. The van der Waals surface area contributed by atoms with Crippen LogP contribution in [0.15, 0.2) is 12.3 Å². The van der Waals surface area contributed by atoms with Crippen LogP contribution in [0.1, 0.15) is 34.7 Å². The van der Waals surface area contributed by atoms with Crippen LogP contribution in [0.3, 0.4) is 0 Å². The lowest BCUT2D eigenvalue weighted by atomic mass is 10.1. The van der Waals surface area contributed by atoms with Crippen LogP contribution in [0, 0.1) is 19.3 Å². The zero-order chi connectivity index (χ0) is 14.2. The summed E-state index contributed by atoms with van der Waals surface area (Å²) in [6.45, 7) is 5.56. The Hall–Kier alpha value is -2.18. The molecule has 0 spiro atoms. The van der Waals surface area contributed by atoms with E-state index in [1.165, 1.54) is 6.20 Å². The van der Waals surface area contributed by atoms with Gasteiger partial charge in [-0.15, -0.1) is 0 Å². The number of aromatic nitrogens is 5. The molecule has 3 rings (SSSR count). The largest absolute Gasteiger partial charge is 0.350 e. The van der Waals surface area contributed by atoms with Gasteiger partial charge in [-0.2, -0.15) is 20.5 Å². The quantitative estimate of drug-likeness (QED) is 0.845. The Morgan fingerprint density at radius 2 is 2.30 bits per heavy atom. The third kappa shape index (κ3) is 2.56. The molecule has 1 saturated carbocycles. The van der Waals surface area contributed by atoms with E-state index in [9.17, 15) is 4.79 Å². The number of aryl methyl sites for hydroxylation is 2. The van der Waals surface area contributed by atoms with Gasteiger partial charge in [0.05, 0.1) is 11.9 Å². The monoisotopic (exact) mass is 274 g/mol. The molecular formula is C13H18N6O. The summed E-state index contributed by atoms with van der Waals surface area (Å²) >= 11 is 0. The highest BCUT2D eigenvalue weighted by molar-refractivity contribution is 5.91. The average molecular weight is 274 g/mol. The van der Waals surface area contributed by atoms with Crippen molar-refractivity contribution >= 4 is 5.91 Å². The van der Waals surface area contributed by atoms with Crippen molar-refractivity contribution < 1.29 is 4.79 Å². The fourth-order valence-corrected chi connectivity index (χ4v) is 2.39. The number of rotatable bonds is 5. The normalized spacial score (nSPS) is 16.1. The maximum atomic E-state index is 11.8. The lowest BCUT2D eigenvalue weighted by molar-refractivity contribution is 0.0937. The molecular weight excluding hydrogens is 256 g/mol. The zero-order valence-electron chi connectivity index (χ0n) is 11.7. The summed E-state index contributed by atoms with van der Waals surface area (Å²) in [4.78, 5) is 11.8. The van der Waals surface area contributed by atoms with Crippen molar-refractivity contribution in [2.75, 3.05) is 6.54 Å². The van der Waals surface area contributed by atoms with Gasteiger partial charge in [-0.1, -0.05) is 0 Å². The summed E-state index contributed by atoms with van der Waals surface area (Å²) in [5.41, 5.74) is 2.66. The molecule has 20 heavy (non-hydrogen) atoms. The summed E-state index contributed by atoms with van der Waals surface area (Å²) < 4.78 is 2.03. The Labute approximate surface area is 116 Å². The maximum Gasteiger partial charge on any atom is 0.273 e. The van der Waals surface area contributed by atoms with E-state index in [0.29, 0.717) is 12.2 Å². The maximum absolute atomic E-state index is 11.8. The Bertz CT molecular complexity index is 611.